The van der Waals surface area contributed by atoms with Gasteiger partial charge in [0.25, 0.3) is 5.91 Å². The molecule has 2 amide bonds. The second-order valence-corrected chi connectivity index (χ2v) is 10.2. The van der Waals surface area contributed by atoms with E-state index in [0.717, 1.165) is 16.8 Å². The summed E-state index contributed by atoms with van der Waals surface area (Å²) in [5.41, 5.74) is 1.18. The molecule has 0 aromatic carbocycles. The van der Waals surface area contributed by atoms with E-state index in [0.29, 0.717) is 55.8 Å². The molecule has 10 nitrogen and oxygen atoms in total. The zero-order chi connectivity index (χ0) is 24.4. The zero-order valence-corrected chi connectivity index (χ0v) is 20.9. The summed E-state index contributed by atoms with van der Waals surface area (Å²) in [5.74, 6) is 1.67. The number of aromatic nitrogens is 4. The zero-order valence-electron chi connectivity index (χ0n) is 20.1. The standard InChI is InChI=1S/C24H31N7O3S/c1-3-11-34-24(33)27-17-6-8-30(9-7-17)22(32)19-13-20(26-15(2)16-4-5-16)29-21(28-19)18-14-25-31-10-12-35-23(18)31/h10,12-17H,3-9,11H2,1-2H3,(H,27,33)(H,26,28,29)/t15-/m0/s1. The Kier molecular flexibility index (Phi) is 6.85. The molecule has 35 heavy (non-hydrogen) atoms. The molecule has 2 fully saturated rings. The molecule has 2 aliphatic rings. The topological polar surface area (TPSA) is 114 Å². The third-order valence-electron chi connectivity index (χ3n) is 6.56. The fourth-order valence-electron chi connectivity index (χ4n) is 4.37. The molecule has 5 rings (SSSR count). The summed E-state index contributed by atoms with van der Waals surface area (Å²) in [4.78, 5) is 37.5. The quantitative estimate of drug-likeness (QED) is 0.486. The first-order chi connectivity index (χ1) is 17.0. The average molecular weight is 498 g/mol. The van der Waals surface area contributed by atoms with Crippen LogP contribution >= 0.6 is 11.3 Å². The summed E-state index contributed by atoms with van der Waals surface area (Å²) in [5, 5.41) is 12.7. The number of hydrogen-bond donors (Lipinski definition) is 2. The van der Waals surface area contributed by atoms with Crippen LogP contribution < -0.4 is 10.6 Å². The number of nitrogens with one attached hydrogen (secondary N) is 2. The van der Waals surface area contributed by atoms with Gasteiger partial charge in [-0.1, -0.05) is 6.92 Å². The minimum Gasteiger partial charge on any atom is -0.450 e. The molecule has 1 saturated heterocycles. The van der Waals surface area contributed by atoms with Gasteiger partial charge in [-0.3, -0.25) is 4.79 Å². The Morgan fingerprint density at radius 3 is 2.77 bits per heavy atom. The molecule has 11 heteroatoms. The number of piperidine rings is 1. The number of carbonyl (C=O) groups excluding carboxylic acids is 2. The fourth-order valence-corrected chi connectivity index (χ4v) is 5.16. The Hall–Kier alpha value is -3.21. The van der Waals surface area contributed by atoms with Gasteiger partial charge in [-0.15, -0.1) is 11.3 Å². The van der Waals surface area contributed by atoms with Gasteiger partial charge in [0.05, 0.1) is 18.4 Å². The lowest BCUT2D eigenvalue weighted by Gasteiger charge is -2.32. The van der Waals surface area contributed by atoms with E-state index in [1.165, 1.54) is 12.8 Å². The van der Waals surface area contributed by atoms with E-state index in [1.54, 1.807) is 33.0 Å². The van der Waals surface area contributed by atoms with Crippen molar-refractivity contribution in [1.29, 1.82) is 0 Å². The SMILES string of the molecule is CCCOC(=O)NC1CCN(C(=O)c2cc(N[C@@H](C)C3CC3)nc(-c3cnn4ccsc34)n2)CC1. The maximum Gasteiger partial charge on any atom is 0.407 e. The largest absolute Gasteiger partial charge is 0.450 e. The van der Waals surface area contributed by atoms with Crippen molar-refractivity contribution in [3.05, 3.63) is 29.5 Å². The van der Waals surface area contributed by atoms with Crippen LogP contribution in [-0.2, 0) is 4.74 Å². The lowest BCUT2D eigenvalue weighted by Crippen LogP contribution is -2.46. The Labute approximate surface area is 208 Å². The summed E-state index contributed by atoms with van der Waals surface area (Å²) >= 11 is 1.56. The molecule has 0 bridgehead atoms. The highest BCUT2D eigenvalue weighted by atomic mass is 32.1. The Morgan fingerprint density at radius 2 is 2.03 bits per heavy atom. The van der Waals surface area contributed by atoms with Gasteiger partial charge >= 0.3 is 6.09 Å². The molecule has 186 valence electrons. The van der Waals surface area contributed by atoms with Gasteiger partial charge in [-0.05, 0) is 44.9 Å². The Balaban J connectivity index is 1.33. The van der Waals surface area contributed by atoms with Gasteiger partial charge in [0.15, 0.2) is 5.82 Å². The van der Waals surface area contributed by atoms with E-state index in [9.17, 15) is 9.59 Å². The number of amides is 2. The van der Waals surface area contributed by atoms with Crippen LogP contribution in [0.3, 0.4) is 0 Å². The van der Waals surface area contributed by atoms with Crippen molar-refractivity contribution >= 4 is 34.0 Å². The number of anilines is 1. The van der Waals surface area contributed by atoms with Crippen molar-refractivity contribution < 1.29 is 14.3 Å². The minimum atomic E-state index is -0.390. The Bertz CT molecular complexity index is 1200. The molecule has 0 unspecified atom stereocenters. The molecule has 1 atom stereocenters. The highest BCUT2D eigenvalue weighted by Crippen LogP contribution is 2.34. The van der Waals surface area contributed by atoms with Gasteiger partial charge in [-0.2, -0.15) is 5.10 Å². The second-order valence-electron chi connectivity index (χ2n) is 9.29. The second kappa shape index (κ2) is 10.2. The lowest BCUT2D eigenvalue weighted by atomic mass is 10.0. The number of hydrogen-bond acceptors (Lipinski definition) is 8. The molecular weight excluding hydrogens is 466 g/mol. The number of carbonyl (C=O) groups is 2. The molecular formula is C24H31N7O3S. The van der Waals surface area contributed by atoms with Crippen molar-refractivity contribution in [2.45, 2.75) is 58.0 Å². The molecule has 3 aromatic heterocycles. The fraction of sp³-hybridized carbons (Fsp3) is 0.542. The predicted octanol–water partition coefficient (Wildman–Crippen LogP) is 3.80. The maximum absolute atomic E-state index is 13.5. The van der Waals surface area contributed by atoms with Crippen LogP contribution in [0, 0.1) is 5.92 Å². The smallest absolute Gasteiger partial charge is 0.407 e. The maximum atomic E-state index is 13.5. The first kappa shape index (κ1) is 23.5. The average Bonchev–Trinajstić information content (AvgIpc) is 3.48. The summed E-state index contributed by atoms with van der Waals surface area (Å²) in [6, 6.07) is 2.04. The number of nitrogens with zero attached hydrogens (tertiary/aromatic N) is 5. The van der Waals surface area contributed by atoms with Crippen molar-refractivity contribution in [2.24, 2.45) is 5.92 Å². The van der Waals surface area contributed by atoms with Gasteiger partial charge in [0, 0.05) is 42.8 Å². The van der Waals surface area contributed by atoms with E-state index >= 15 is 0 Å². The van der Waals surface area contributed by atoms with Crippen molar-refractivity contribution in [3.8, 4) is 11.4 Å². The van der Waals surface area contributed by atoms with Gasteiger partial charge in [-0.25, -0.2) is 19.3 Å². The van der Waals surface area contributed by atoms with Gasteiger partial charge in [0.2, 0.25) is 0 Å². The van der Waals surface area contributed by atoms with Crippen LogP contribution in [0.1, 0.15) is 56.4 Å². The highest BCUT2D eigenvalue weighted by Gasteiger charge is 2.30. The normalized spacial score (nSPS) is 17.4. The van der Waals surface area contributed by atoms with Gasteiger partial charge in [0.1, 0.15) is 16.3 Å². The van der Waals surface area contributed by atoms with Crippen molar-refractivity contribution in [1.82, 2.24) is 29.8 Å². The summed E-state index contributed by atoms with van der Waals surface area (Å²) in [6.45, 7) is 5.60. The van der Waals surface area contributed by atoms with Crippen molar-refractivity contribution in [3.63, 3.8) is 0 Å². The van der Waals surface area contributed by atoms with Crippen LogP contribution in [-0.4, -0.2) is 68.3 Å². The molecule has 1 saturated carbocycles. The number of rotatable bonds is 8. The molecule has 0 spiro atoms. The first-order valence-corrected chi connectivity index (χ1v) is 13.2. The first-order valence-electron chi connectivity index (χ1n) is 12.3. The third-order valence-corrected chi connectivity index (χ3v) is 7.45. The molecule has 1 aliphatic carbocycles. The summed E-state index contributed by atoms with van der Waals surface area (Å²) < 4.78 is 6.91. The number of thiazole rings is 1. The number of ether oxygens (including phenoxy) is 1. The van der Waals surface area contributed by atoms with Crippen LogP contribution in [0.2, 0.25) is 0 Å². The number of fused-ring (bicyclic) bond motifs is 1. The number of likely N-dealkylation sites (tertiary alicyclic amines) is 1. The lowest BCUT2D eigenvalue weighted by molar-refractivity contribution is 0.0696. The summed E-state index contributed by atoms with van der Waals surface area (Å²) in [6.07, 6.45) is 7.81. The number of alkyl carbamates (subject to hydrolysis) is 1. The van der Waals surface area contributed by atoms with Crippen LogP contribution in [0.4, 0.5) is 10.6 Å². The van der Waals surface area contributed by atoms with Crippen LogP contribution in [0.25, 0.3) is 16.2 Å². The molecule has 0 radical (unpaired) electrons. The van der Waals surface area contributed by atoms with E-state index < -0.39 is 6.09 Å². The van der Waals surface area contributed by atoms with Crippen molar-refractivity contribution in [2.75, 3.05) is 25.0 Å². The van der Waals surface area contributed by atoms with Gasteiger partial charge < -0.3 is 20.3 Å². The van der Waals surface area contributed by atoms with Crippen LogP contribution in [0.5, 0.6) is 0 Å². The molecule has 2 N–H and O–H groups in total. The molecule has 1 aliphatic heterocycles. The van der Waals surface area contributed by atoms with E-state index in [2.05, 4.69) is 27.6 Å². The summed E-state index contributed by atoms with van der Waals surface area (Å²) in [7, 11) is 0. The molecule has 4 heterocycles. The van der Waals surface area contributed by atoms with Crippen LogP contribution in [0.15, 0.2) is 23.8 Å². The van der Waals surface area contributed by atoms with E-state index in [4.69, 9.17) is 9.72 Å². The monoisotopic (exact) mass is 497 g/mol. The molecule has 3 aromatic rings. The predicted molar refractivity (Wildman–Crippen MR) is 134 cm³/mol. The highest BCUT2D eigenvalue weighted by molar-refractivity contribution is 7.16. The minimum absolute atomic E-state index is 0.000477. The van der Waals surface area contributed by atoms with E-state index in [-0.39, 0.29) is 18.0 Å². The third kappa shape index (κ3) is 5.39. The van der Waals surface area contributed by atoms with E-state index in [1.807, 2.05) is 18.5 Å². The Morgan fingerprint density at radius 1 is 1.23 bits per heavy atom.